The highest BCUT2D eigenvalue weighted by Gasteiger charge is 2.01. The van der Waals surface area contributed by atoms with Crippen LogP contribution in [0.2, 0.25) is 0 Å². The Morgan fingerprint density at radius 3 is 2.59 bits per heavy atom. The molecule has 86 valence electrons. The van der Waals surface area contributed by atoms with E-state index in [2.05, 4.69) is 10.1 Å². The fraction of sp³-hybridized carbons (Fsp3) is 0. The first-order valence-corrected chi connectivity index (χ1v) is 4.82. The summed E-state index contributed by atoms with van der Waals surface area (Å²) in [6.07, 6.45) is 4.42. The molecule has 2 rings (SSSR count). The molecule has 0 bridgehead atoms. The fourth-order valence-corrected chi connectivity index (χ4v) is 1.31. The van der Waals surface area contributed by atoms with Crippen molar-refractivity contribution in [1.82, 2.24) is 14.8 Å². The zero-order chi connectivity index (χ0) is 12.3. The van der Waals surface area contributed by atoms with Gasteiger partial charge in [0.1, 0.15) is 18.4 Å². The normalized spacial score (nSPS) is 11.4. The summed E-state index contributed by atoms with van der Waals surface area (Å²) in [4.78, 5) is 14.4. The first-order valence-electron chi connectivity index (χ1n) is 4.82. The molecule has 1 aromatic carbocycles. The van der Waals surface area contributed by atoms with Gasteiger partial charge < -0.3 is 10.8 Å². The predicted molar refractivity (Wildman–Crippen MR) is 61.2 cm³/mol. The van der Waals surface area contributed by atoms with Crippen LogP contribution in [0.4, 0.5) is 0 Å². The average Bonchev–Trinajstić information content (AvgIpc) is 2.83. The minimum Gasteiger partial charge on any atom is -0.477 e. The van der Waals surface area contributed by atoms with Gasteiger partial charge in [0.25, 0.3) is 0 Å². The lowest BCUT2D eigenvalue weighted by Crippen LogP contribution is -2.09. The maximum Gasteiger partial charge on any atom is 0.351 e. The number of benzene rings is 1. The number of hydrogen-bond donors (Lipinski definition) is 2. The van der Waals surface area contributed by atoms with Crippen molar-refractivity contribution in [1.29, 1.82) is 0 Å². The van der Waals surface area contributed by atoms with Crippen LogP contribution < -0.4 is 5.73 Å². The van der Waals surface area contributed by atoms with E-state index in [1.54, 1.807) is 35.3 Å². The zero-order valence-electron chi connectivity index (χ0n) is 8.82. The van der Waals surface area contributed by atoms with Crippen LogP contribution in [0, 0.1) is 0 Å². The van der Waals surface area contributed by atoms with E-state index in [0.717, 1.165) is 5.69 Å². The van der Waals surface area contributed by atoms with Crippen molar-refractivity contribution >= 4 is 12.0 Å². The number of nitrogens with zero attached hydrogens (tertiary/aromatic N) is 3. The molecule has 0 aliphatic carbocycles. The molecule has 0 spiro atoms. The van der Waals surface area contributed by atoms with E-state index in [4.69, 9.17) is 10.8 Å². The molecule has 6 heteroatoms. The van der Waals surface area contributed by atoms with Gasteiger partial charge in [-0.2, -0.15) is 5.10 Å². The van der Waals surface area contributed by atoms with Crippen LogP contribution in [0.5, 0.6) is 0 Å². The van der Waals surface area contributed by atoms with Crippen molar-refractivity contribution in [2.45, 2.75) is 0 Å². The lowest BCUT2D eigenvalue weighted by Gasteiger charge is -2.01. The summed E-state index contributed by atoms with van der Waals surface area (Å²) < 4.78 is 1.61. The van der Waals surface area contributed by atoms with Crippen LogP contribution in [0.3, 0.4) is 0 Å². The molecule has 3 N–H and O–H groups in total. The lowest BCUT2D eigenvalue weighted by atomic mass is 10.2. The Bertz CT molecular complexity index is 543. The smallest absolute Gasteiger partial charge is 0.351 e. The van der Waals surface area contributed by atoms with Crippen LogP contribution in [-0.2, 0) is 4.79 Å². The Morgan fingerprint density at radius 1 is 1.35 bits per heavy atom. The van der Waals surface area contributed by atoms with E-state index in [0.29, 0.717) is 5.56 Å². The first-order chi connectivity index (χ1) is 8.16. The number of aliphatic carboxylic acids is 1. The van der Waals surface area contributed by atoms with Gasteiger partial charge >= 0.3 is 5.97 Å². The molecule has 0 saturated carbocycles. The van der Waals surface area contributed by atoms with Gasteiger partial charge in [0.15, 0.2) is 0 Å². The largest absolute Gasteiger partial charge is 0.477 e. The average molecular weight is 230 g/mol. The fourth-order valence-electron chi connectivity index (χ4n) is 1.31. The third-order valence-electron chi connectivity index (χ3n) is 2.15. The summed E-state index contributed by atoms with van der Waals surface area (Å²) in [5, 5.41) is 12.6. The van der Waals surface area contributed by atoms with Crippen molar-refractivity contribution in [3.63, 3.8) is 0 Å². The maximum atomic E-state index is 10.5. The van der Waals surface area contributed by atoms with E-state index < -0.39 is 5.97 Å². The van der Waals surface area contributed by atoms with E-state index in [1.807, 2.05) is 0 Å². The van der Waals surface area contributed by atoms with Gasteiger partial charge in [-0.05, 0) is 23.8 Å². The number of carbonyl (C=O) groups is 1. The summed E-state index contributed by atoms with van der Waals surface area (Å²) in [6.45, 7) is 0. The molecule has 1 aromatic heterocycles. The van der Waals surface area contributed by atoms with Gasteiger partial charge in [-0.15, -0.1) is 0 Å². The maximum absolute atomic E-state index is 10.5. The molecule has 6 nitrogen and oxygen atoms in total. The second-order valence-corrected chi connectivity index (χ2v) is 3.34. The zero-order valence-corrected chi connectivity index (χ0v) is 8.82. The van der Waals surface area contributed by atoms with Gasteiger partial charge in [0, 0.05) is 0 Å². The molecule has 0 aliphatic heterocycles. The molecule has 2 aromatic rings. The Hall–Kier alpha value is -2.63. The van der Waals surface area contributed by atoms with Crippen LogP contribution >= 0.6 is 0 Å². The molecule has 17 heavy (non-hydrogen) atoms. The standard InChI is InChI=1S/C11H10N4O2/c12-10(11(16)17)5-8-1-3-9(4-2-8)15-7-13-6-14-15/h1-7H,12H2,(H,16,17)/b10-5-. The minimum atomic E-state index is -1.13. The lowest BCUT2D eigenvalue weighted by molar-refractivity contribution is -0.132. The number of carboxylic acid groups (broad SMARTS) is 1. The SMILES string of the molecule is N/C(=C\c1ccc(-n2cncn2)cc1)C(=O)O. The van der Waals surface area contributed by atoms with Crippen LogP contribution in [-0.4, -0.2) is 25.8 Å². The topological polar surface area (TPSA) is 94.0 Å². The molecule has 0 atom stereocenters. The predicted octanol–water partition coefficient (Wildman–Crippen LogP) is 0.652. The molecule has 1 heterocycles. The second-order valence-electron chi connectivity index (χ2n) is 3.34. The van der Waals surface area contributed by atoms with E-state index in [-0.39, 0.29) is 5.70 Å². The minimum absolute atomic E-state index is 0.196. The Kier molecular flexibility index (Phi) is 2.87. The van der Waals surface area contributed by atoms with Crippen molar-refractivity contribution in [2.75, 3.05) is 0 Å². The highest BCUT2D eigenvalue weighted by molar-refractivity contribution is 5.90. The second kappa shape index (κ2) is 4.48. The van der Waals surface area contributed by atoms with Gasteiger partial charge in [0.2, 0.25) is 0 Å². The molecule has 0 fully saturated rings. The number of nitrogens with two attached hydrogens (primary N) is 1. The van der Waals surface area contributed by atoms with E-state index in [1.165, 1.54) is 12.4 Å². The molecule has 0 saturated heterocycles. The molecule has 0 amide bonds. The van der Waals surface area contributed by atoms with Crippen LogP contribution in [0.25, 0.3) is 11.8 Å². The first kappa shape index (κ1) is 10.9. The Balaban J connectivity index is 2.25. The molecule has 0 aliphatic rings. The van der Waals surface area contributed by atoms with Gasteiger partial charge in [-0.1, -0.05) is 12.1 Å². The van der Waals surface area contributed by atoms with Crippen molar-refractivity contribution in [3.05, 3.63) is 48.2 Å². The third-order valence-corrected chi connectivity index (χ3v) is 2.15. The molecular formula is C11H10N4O2. The Labute approximate surface area is 97.0 Å². The monoisotopic (exact) mass is 230 g/mol. The highest BCUT2D eigenvalue weighted by atomic mass is 16.4. The summed E-state index contributed by atoms with van der Waals surface area (Å²) in [5.41, 5.74) is 6.68. The van der Waals surface area contributed by atoms with Crippen molar-refractivity contribution < 1.29 is 9.90 Å². The number of aromatic nitrogens is 3. The van der Waals surface area contributed by atoms with Crippen molar-refractivity contribution in [3.8, 4) is 5.69 Å². The number of carboxylic acids is 1. The van der Waals surface area contributed by atoms with Gasteiger partial charge in [0.05, 0.1) is 5.69 Å². The van der Waals surface area contributed by atoms with E-state index in [9.17, 15) is 4.79 Å². The summed E-state index contributed by atoms with van der Waals surface area (Å²) in [5.74, 6) is -1.13. The number of hydrogen-bond acceptors (Lipinski definition) is 4. The van der Waals surface area contributed by atoms with Gasteiger partial charge in [-0.3, -0.25) is 0 Å². The molecular weight excluding hydrogens is 220 g/mol. The van der Waals surface area contributed by atoms with Crippen LogP contribution in [0.1, 0.15) is 5.56 Å². The van der Waals surface area contributed by atoms with Crippen molar-refractivity contribution in [2.24, 2.45) is 5.73 Å². The van der Waals surface area contributed by atoms with Crippen LogP contribution in [0.15, 0.2) is 42.6 Å². The number of rotatable bonds is 3. The third kappa shape index (κ3) is 2.49. The highest BCUT2D eigenvalue weighted by Crippen LogP contribution is 2.10. The van der Waals surface area contributed by atoms with E-state index >= 15 is 0 Å². The quantitative estimate of drug-likeness (QED) is 0.755. The molecule has 0 radical (unpaired) electrons. The molecule has 0 unspecified atom stereocenters. The summed E-state index contributed by atoms with van der Waals surface area (Å²) in [7, 11) is 0. The summed E-state index contributed by atoms with van der Waals surface area (Å²) in [6, 6.07) is 7.12. The summed E-state index contributed by atoms with van der Waals surface area (Å²) >= 11 is 0. The Morgan fingerprint density at radius 2 is 2.06 bits per heavy atom. The van der Waals surface area contributed by atoms with Gasteiger partial charge in [-0.25, -0.2) is 14.5 Å².